The highest BCUT2D eigenvalue weighted by atomic mass is 19.1. The molecule has 21 heavy (non-hydrogen) atoms. The highest BCUT2D eigenvalue weighted by molar-refractivity contribution is 5.51. The van der Waals surface area contributed by atoms with E-state index in [0.717, 1.165) is 25.9 Å². The summed E-state index contributed by atoms with van der Waals surface area (Å²) in [4.78, 5) is 2.06. The van der Waals surface area contributed by atoms with Crippen molar-refractivity contribution in [1.29, 1.82) is 5.26 Å². The Morgan fingerprint density at radius 1 is 1.33 bits per heavy atom. The van der Waals surface area contributed by atoms with Crippen LogP contribution in [0.2, 0.25) is 0 Å². The van der Waals surface area contributed by atoms with Crippen molar-refractivity contribution in [3.05, 3.63) is 47.5 Å². The van der Waals surface area contributed by atoms with Gasteiger partial charge in [0.1, 0.15) is 5.82 Å². The van der Waals surface area contributed by atoms with E-state index in [1.165, 1.54) is 11.6 Å². The minimum absolute atomic E-state index is 0.311. The van der Waals surface area contributed by atoms with Crippen LogP contribution in [-0.4, -0.2) is 22.9 Å². The molecule has 1 aliphatic heterocycles. The molecule has 0 saturated carbocycles. The largest absolute Gasteiger partial charge is 0.369 e. The lowest BCUT2D eigenvalue weighted by Gasteiger charge is -2.33. The Morgan fingerprint density at radius 2 is 2.10 bits per heavy atom. The molecule has 0 atom stereocenters. The van der Waals surface area contributed by atoms with Crippen LogP contribution in [0.1, 0.15) is 29.9 Å². The van der Waals surface area contributed by atoms with Crippen molar-refractivity contribution in [2.75, 3.05) is 18.0 Å². The number of anilines is 1. The van der Waals surface area contributed by atoms with E-state index >= 15 is 0 Å². The third kappa shape index (κ3) is 2.75. The summed E-state index contributed by atoms with van der Waals surface area (Å²) >= 11 is 0. The van der Waals surface area contributed by atoms with Gasteiger partial charge in [-0.15, -0.1) is 0 Å². The average Bonchev–Trinajstić information content (AvgIpc) is 2.94. The predicted octanol–water partition coefficient (Wildman–Crippen LogP) is 2.81. The SMILES string of the molecule is Cn1cc(C2CCN(c3ccc(C#N)cc3F)CC2)cn1. The summed E-state index contributed by atoms with van der Waals surface area (Å²) in [5.74, 6) is 0.185. The topological polar surface area (TPSA) is 44.9 Å². The fraction of sp³-hybridized carbons (Fsp3) is 0.375. The van der Waals surface area contributed by atoms with Gasteiger partial charge in [0, 0.05) is 26.3 Å². The molecule has 3 rings (SSSR count). The lowest BCUT2D eigenvalue weighted by molar-refractivity contribution is 0.497. The normalized spacial score (nSPS) is 16.0. The summed E-state index contributed by atoms with van der Waals surface area (Å²) in [6, 6.07) is 6.65. The zero-order valence-corrected chi connectivity index (χ0v) is 12.0. The van der Waals surface area contributed by atoms with Crippen LogP contribution < -0.4 is 4.90 Å². The molecule has 0 unspecified atom stereocenters. The molecule has 0 N–H and O–H groups in total. The molecule has 0 amide bonds. The smallest absolute Gasteiger partial charge is 0.147 e. The number of hydrogen-bond donors (Lipinski definition) is 0. The lowest BCUT2D eigenvalue weighted by Crippen LogP contribution is -2.33. The number of hydrogen-bond acceptors (Lipinski definition) is 3. The molecule has 1 aliphatic rings. The molecule has 1 aromatic heterocycles. The number of rotatable bonds is 2. The average molecular weight is 284 g/mol. The molecular weight excluding hydrogens is 267 g/mol. The Balaban J connectivity index is 1.70. The van der Waals surface area contributed by atoms with Crippen molar-refractivity contribution in [3.63, 3.8) is 0 Å². The van der Waals surface area contributed by atoms with Gasteiger partial charge in [-0.1, -0.05) is 0 Å². The van der Waals surface area contributed by atoms with Gasteiger partial charge >= 0.3 is 0 Å². The van der Waals surface area contributed by atoms with Crippen LogP contribution in [0.4, 0.5) is 10.1 Å². The molecule has 1 fully saturated rings. The number of benzene rings is 1. The summed E-state index contributed by atoms with van der Waals surface area (Å²) in [5.41, 5.74) is 2.22. The van der Waals surface area contributed by atoms with Gasteiger partial charge in [-0.05, 0) is 42.5 Å². The molecule has 5 heteroatoms. The monoisotopic (exact) mass is 284 g/mol. The zero-order valence-electron chi connectivity index (χ0n) is 12.0. The Morgan fingerprint density at radius 3 is 2.67 bits per heavy atom. The van der Waals surface area contributed by atoms with Crippen LogP contribution in [-0.2, 0) is 7.05 Å². The summed E-state index contributed by atoms with van der Waals surface area (Å²) in [6.45, 7) is 1.64. The van der Waals surface area contributed by atoms with Crippen LogP contribution in [0.5, 0.6) is 0 Å². The third-order valence-electron chi connectivity index (χ3n) is 4.11. The Labute approximate surface area is 123 Å². The molecule has 2 heterocycles. The molecule has 1 saturated heterocycles. The van der Waals surface area contributed by atoms with Crippen molar-refractivity contribution in [2.24, 2.45) is 7.05 Å². The quantitative estimate of drug-likeness (QED) is 0.852. The fourth-order valence-electron chi connectivity index (χ4n) is 2.94. The third-order valence-corrected chi connectivity index (χ3v) is 4.11. The van der Waals surface area contributed by atoms with Crippen molar-refractivity contribution in [1.82, 2.24) is 9.78 Å². The first-order chi connectivity index (χ1) is 10.2. The molecule has 0 radical (unpaired) electrons. The van der Waals surface area contributed by atoms with Gasteiger partial charge in [-0.2, -0.15) is 10.4 Å². The standard InChI is InChI=1S/C16H17FN4/c1-20-11-14(10-19-20)13-4-6-21(7-5-13)16-3-2-12(9-18)8-15(16)17/h2-3,8,10-11,13H,4-7H2,1H3. The van der Waals surface area contributed by atoms with Gasteiger partial charge in [0.15, 0.2) is 0 Å². The first kappa shape index (κ1) is 13.6. The van der Waals surface area contributed by atoms with Gasteiger partial charge in [-0.3, -0.25) is 4.68 Å². The van der Waals surface area contributed by atoms with Crippen LogP contribution in [0.25, 0.3) is 0 Å². The summed E-state index contributed by atoms with van der Waals surface area (Å²) in [6.07, 6.45) is 5.96. The fourth-order valence-corrected chi connectivity index (χ4v) is 2.94. The molecule has 0 spiro atoms. The Bertz CT molecular complexity index is 678. The minimum atomic E-state index is -0.311. The molecule has 1 aromatic carbocycles. The number of aryl methyl sites for hydroxylation is 1. The van der Waals surface area contributed by atoms with Gasteiger partial charge in [0.05, 0.1) is 23.5 Å². The van der Waals surface area contributed by atoms with Gasteiger partial charge < -0.3 is 4.90 Å². The second kappa shape index (κ2) is 5.57. The van der Waals surface area contributed by atoms with Crippen molar-refractivity contribution in [3.8, 4) is 6.07 Å². The van der Waals surface area contributed by atoms with E-state index in [4.69, 9.17) is 5.26 Å². The lowest BCUT2D eigenvalue weighted by atomic mass is 9.91. The zero-order chi connectivity index (χ0) is 14.8. The van der Waals surface area contributed by atoms with E-state index in [1.807, 2.05) is 24.0 Å². The summed E-state index contributed by atoms with van der Waals surface area (Å²) in [7, 11) is 1.92. The highest BCUT2D eigenvalue weighted by Gasteiger charge is 2.23. The summed E-state index contributed by atoms with van der Waals surface area (Å²) in [5, 5.41) is 13.0. The highest BCUT2D eigenvalue weighted by Crippen LogP contribution is 2.31. The number of halogens is 1. The molecule has 0 bridgehead atoms. The second-order valence-corrected chi connectivity index (χ2v) is 5.49. The Hall–Kier alpha value is -2.35. The molecule has 4 nitrogen and oxygen atoms in total. The van der Waals surface area contributed by atoms with E-state index in [9.17, 15) is 4.39 Å². The van der Waals surface area contributed by atoms with Gasteiger partial charge in [0.2, 0.25) is 0 Å². The maximum absolute atomic E-state index is 14.0. The Kier molecular flexibility index (Phi) is 3.61. The van der Waals surface area contributed by atoms with Gasteiger partial charge in [-0.25, -0.2) is 4.39 Å². The van der Waals surface area contributed by atoms with Gasteiger partial charge in [0.25, 0.3) is 0 Å². The van der Waals surface area contributed by atoms with E-state index in [1.54, 1.807) is 12.1 Å². The number of nitrogens with zero attached hydrogens (tertiary/aromatic N) is 4. The molecular formula is C16H17FN4. The summed E-state index contributed by atoms with van der Waals surface area (Å²) < 4.78 is 15.9. The number of piperidine rings is 1. The first-order valence-corrected chi connectivity index (χ1v) is 7.10. The molecule has 0 aliphatic carbocycles. The number of aromatic nitrogens is 2. The van der Waals surface area contributed by atoms with Crippen LogP contribution in [0.15, 0.2) is 30.6 Å². The van der Waals surface area contributed by atoms with Crippen molar-refractivity contribution >= 4 is 5.69 Å². The van der Waals surface area contributed by atoms with E-state index in [0.29, 0.717) is 17.2 Å². The predicted molar refractivity (Wildman–Crippen MR) is 78.5 cm³/mol. The van der Waals surface area contributed by atoms with Crippen molar-refractivity contribution in [2.45, 2.75) is 18.8 Å². The molecule has 2 aromatic rings. The van der Waals surface area contributed by atoms with E-state index < -0.39 is 0 Å². The number of nitriles is 1. The maximum Gasteiger partial charge on any atom is 0.147 e. The second-order valence-electron chi connectivity index (χ2n) is 5.49. The first-order valence-electron chi connectivity index (χ1n) is 7.10. The maximum atomic E-state index is 14.0. The van der Waals surface area contributed by atoms with E-state index in [2.05, 4.69) is 16.2 Å². The van der Waals surface area contributed by atoms with Crippen LogP contribution >= 0.6 is 0 Å². The molecule has 108 valence electrons. The van der Waals surface area contributed by atoms with Crippen LogP contribution in [0.3, 0.4) is 0 Å². The van der Waals surface area contributed by atoms with Crippen molar-refractivity contribution < 1.29 is 4.39 Å². The van der Waals surface area contributed by atoms with E-state index in [-0.39, 0.29) is 5.82 Å². The van der Waals surface area contributed by atoms with Crippen LogP contribution in [0, 0.1) is 17.1 Å². The minimum Gasteiger partial charge on any atom is -0.369 e.